The first kappa shape index (κ1) is 10.8. The Morgan fingerprint density at radius 2 is 2.33 bits per heavy atom. The van der Waals surface area contributed by atoms with Gasteiger partial charge in [0.25, 0.3) is 0 Å². The second kappa shape index (κ2) is 7.89. The number of amidine groups is 1. The Morgan fingerprint density at radius 3 is 2.92 bits per heavy atom. The van der Waals surface area contributed by atoms with Crippen molar-refractivity contribution in [3.8, 4) is 11.8 Å². The van der Waals surface area contributed by atoms with Gasteiger partial charge in [0.2, 0.25) is 0 Å². The Kier molecular flexibility index (Phi) is 7.10. The van der Waals surface area contributed by atoms with Crippen molar-refractivity contribution in [3.05, 3.63) is 0 Å². The zero-order chi connectivity index (χ0) is 9.23. The molecule has 4 heteroatoms. The number of hydrogen-bond donors (Lipinski definition) is 3. The molecule has 0 saturated carbocycles. The third-order valence-electron chi connectivity index (χ3n) is 1.29. The number of oxime groups is 1. The van der Waals surface area contributed by atoms with E-state index in [0.717, 1.165) is 19.5 Å². The van der Waals surface area contributed by atoms with Crippen LogP contribution in [0.5, 0.6) is 0 Å². The van der Waals surface area contributed by atoms with Crippen molar-refractivity contribution in [2.45, 2.75) is 19.8 Å². The molecule has 0 aromatic carbocycles. The molecule has 0 aliphatic rings. The summed E-state index contributed by atoms with van der Waals surface area (Å²) in [7, 11) is 0. The van der Waals surface area contributed by atoms with Crippen molar-refractivity contribution in [2.75, 3.05) is 13.1 Å². The molecule has 0 atom stereocenters. The fourth-order valence-electron chi connectivity index (χ4n) is 0.667. The molecule has 0 aromatic heterocycles. The summed E-state index contributed by atoms with van der Waals surface area (Å²) in [5, 5.41) is 14.1. The molecule has 12 heavy (non-hydrogen) atoms. The second-order valence-electron chi connectivity index (χ2n) is 2.27. The third-order valence-corrected chi connectivity index (χ3v) is 1.29. The zero-order valence-corrected chi connectivity index (χ0v) is 7.30. The minimum Gasteiger partial charge on any atom is -0.409 e. The molecule has 0 unspecified atom stereocenters. The van der Waals surface area contributed by atoms with Gasteiger partial charge in [-0.05, 0) is 6.92 Å². The van der Waals surface area contributed by atoms with Crippen LogP contribution in [-0.4, -0.2) is 24.1 Å². The highest BCUT2D eigenvalue weighted by molar-refractivity contribution is 5.79. The van der Waals surface area contributed by atoms with E-state index in [1.807, 2.05) is 6.92 Å². The van der Waals surface area contributed by atoms with Gasteiger partial charge in [-0.2, -0.15) is 0 Å². The SMILES string of the molecule is CC#CCCNCCC(N)=NO. The first-order valence-corrected chi connectivity index (χ1v) is 3.88. The minimum atomic E-state index is 0.254. The van der Waals surface area contributed by atoms with E-state index in [9.17, 15) is 0 Å². The quantitative estimate of drug-likeness (QED) is 0.137. The van der Waals surface area contributed by atoms with Gasteiger partial charge in [-0.25, -0.2) is 0 Å². The summed E-state index contributed by atoms with van der Waals surface area (Å²) in [5.41, 5.74) is 5.25. The fourth-order valence-corrected chi connectivity index (χ4v) is 0.667. The lowest BCUT2D eigenvalue weighted by Crippen LogP contribution is -2.22. The summed E-state index contributed by atoms with van der Waals surface area (Å²) in [6, 6.07) is 0. The van der Waals surface area contributed by atoms with Crippen LogP contribution in [-0.2, 0) is 0 Å². The lowest BCUT2D eigenvalue weighted by molar-refractivity contribution is 0.316. The number of nitrogens with zero attached hydrogens (tertiary/aromatic N) is 1. The van der Waals surface area contributed by atoms with Crippen molar-refractivity contribution in [3.63, 3.8) is 0 Å². The van der Waals surface area contributed by atoms with Gasteiger partial charge in [0.1, 0.15) is 5.84 Å². The van der Waals surface area contributed by atoms with Crippen molar-refractivity contribution < 1.29 is 5.21 Å². The topological polar surface area (TPSA) is 70.6 Å². The molecule has 4 nitrogen and oxygen atoms in total. The largest absolute Gasteiger partial charge is 0.409 e. The highest BCUT2D eigenvalue weighted by atomic mass is 16.4. The van der Waals surface area contributed by atoms with Gasteiger partial charge in [-0.1, -0.05) is 5.16 Å². The number of nitrogens with one attached hydrogen (secondary N) is 1. The summed E-state index contributed by atoms with van der Waals surface area (Å²) < 4.78 is 0. The third kappa shape index (κ3) is 6.90. The molecule has 0 bridgehead atoms. The molecule has 0 amide bonds. The lowest BCUT2D eigenvalue weighted by Gasteiger charge is -1.99. The van der Waals surface area contributed by atoms with Crippen LogP contribution in [0.4, 0.5) is 0 Å². The summed E-state index contributed by atoms with van der Waals surface area (Å²) in [4.78, 5) is 0. The monoisotopic (exact) mass is 169 g/mol. The molecule has 0 rings (SSSR count). The lowest BCUT2D eigenvalue weighted by atomic mass is 10.3. The summed E-state index contributed by atoms with van der Waals surface area (Å²) >= 11 is 0. The van der Waals surface area contributed by atoms with Crippen molar-refractivity contribution in [1.29, 1.82) is 0 Å². The van der Waals surface area contributed by atoms with Gasteiger partial charge in [0.15, 0.2) is 0 Å². The van der Waals surface area contributed by atoms with E-state index in [4.69, 9.17) is 10.9 Å². The van der Waals surface area contributed by atoms with Crippen LogP contribution in [0.3, 0.4) is 0 Å². The Morgan fingerprint density at radius 1 is 1.58 bits per heavy atom. The zero-order valence-electron chi connectivity index (χ0n) is 7.30. The molecule has 0 aromatic rings. The average molecular weight is 169 g/mol. The standard InChI is InChI=1S/C8H15N3O/c1-2-3-4-6-10-7-5-8(9)11-12/h10,12H,4-7H2,1H3,(H2,9,11). The van der Waals surface area contributed by atoms with Gasteiger partial charge in [-0.15, -0.1) is 11.8 Å². The van der Waals surface area contributed by atoms with E-state index in [1.54, 1.807) is 0 Å². The average Bonchev–Trinajstić information content (AvgIpc) is 2.10. The number of nitrogens with two attached hydrogens (primary N) is 1. The highest BCUT2D eigenvalue weighted by Crippen LogP contribution is 1.77. The number of hydrogen-bond acceptors (Lipinski definition) is 3. The van der Waals surface area contributed by atoms with Crippen LogP contribution in [0.2, 0.25) is 0 Å². The maximum absolute atomic E-state index is 8.19. The normalized spacial score (nSPS) is 10.6. The van der Waals surface area contributed by atoms with Crippen LogP contribution in [0.1, 0.15) is 19.8 Å². The molecular weight excluding hydrogens is 154 g/mol. The predicted molar refractivity (Wildman–Crippen MR) is 49.0 cm³/mol. The summed E-state index contributed by atoms with van der Waals surface area (Å²) in [6.45, 7) is 3.39. The molecule has 0 aliphatic heterocycles. The second-order valence-corrected chi connectivity index (χ2v) is 2.27. The molecule has 0 aliphatic carbocycles. The smallest absolute Gasteiger partial charge is 0.140 e. The van der Waals surface area contributed by atoms with Gasteiger partial charge < -0.3 is 16.3 Å². The van der Waals surface area contributed by atoms with E-state index in [1.165, 1.54) is 0 Å². The molecule has 0 fully saturated rings. The van der Waals surface area contributed by atoms with E-state index >= 15 is 0 Å². The molecule has 4 N–H and O–H groups in total. The van der Waals surface area contributed by atoms with Gasteiger partial charge >= 0.3 is 0 Å². The number of rotatable bonds is 5. The first-order chi connectivity index (χ1) is 5.81. The fraction of sp³-hybridized carbons (Fsp3) is 0.625. The Hall–Kier alpha value is -1.21. The van der Waals surface area contributed by atoms with Crippen LogP contribution in [0, 0.1) is 11.8 Å². The molecule has 68 valence electrons. The predicted octanol–water partition coefficient (Wildman–Crippen LogP) is 0.126. The molecule has 0 heterocycles. The van der Waals surface area contributed by atoms with Crippen LogP contribution in [0.15, 0.2) is 5.16 Å². The highest BCUT2D eigenvalue weighted by Gasteiger charge is 1.90. The maximum Gasteiger partial charge on any atom is 0.140 e. The molecule has 0 radical (unpaired) electrons. The molecule has 0 spiro atoms. The van der Waals surface area contributed by atoms with E-state index in [0.29, 0.717) is 6.42 Å². The maximum atomic E-state index is 8.19. The van der Waals surface area contributed by atoms with E-state index in [-0.39, 0.29) is 5.84 Å². The molecule has 0 saturated heterocycles. The summed E-state index contributed by atoms with van der Waals surface area (Å²) in [5.74, 6) is 5.98. The Balaban J connectivity index is 3.14. The van der Waals surface area contributed by atoms with Gasteiger partial charge in [0.05, 0.1) is 0 Å². The summed E-state index contributed by atoms with van der Waals surface area (Å²) in [6.07, 6.45) is 1.41. The Bertz CT molecular complexity index is 190. The minimum absolute atomic E-state index is 0.254. The molecular formula is C8H15N3O. The van der Waals surface area contributed by atoms with Gasteiger partial charge in [0, 0.05) is 25.9 Å². The van der Waals surface area contributed by atoms with Crippen LogP contribution < -0.4 is 11.1 Å². The van der Waals surface area contributed by atoms with E-state index in [2.05, 4.69) is 22.3 Å². The Labute approximate surface area is 72.8 Å². The van der Waals surface area contributed by atoms with Crippen LogP contribution >= 0.6 is 0 Å². The van der Waals surface area contributed by atoms with Crippen molar-refractivity contribution in [1.82, 2.24) is 5.32 Å². The first-order valence-electron chi connectivity index (χ1n) is 3.88. The van der Waals surface area contributed by atoms with Gasteiger partial charge in [-0.3, -0.25) is 0 Å². The van der Waals surface area contributed by atoms with Crippen molar-refractivity contribution >= 4 is 5.84 Å². The van der Waals surface area contributed by atoms with E-state index < -0.39 is 0 Å². The van der Waals surface area contributed by atoms with Crippen LogP contribution in [0.25, 0.3) is 0 Å². The van der Waals surface area contributed by atoms with Crippen molar-refractivity contribution in [2.24, 2.45) is 10.9 Å².